The first-order valence-corrected chi connectivity index (χ1v) is 26.2. The Kier molecular flexibility index (Phi) is 18.7. The van der Waals surface area contributed by atoms with E-state index in [2.05, 4.69) is 123 Å². The molecule has 0 amide bonds. The van der Waals surface area contributed by atoms with Gasteiger partial charge in [-0.1, -0.05) is 94.1 Å². The highest BCUT2D eigenvalue weighted by atomic mass is 79.9. The molecule has 0 aliphatic heterocycles. The lowest BCUT2D eigenvalue weighted by Crippen LogP contribution is -3.00. The second-order valence-electron chi connectivity index (χ2n) is 10.2. The van der Waals surface area contributed by atoms with Crippen LogP contribution in [0.1, 0.15) is 18.6 Å². The molecular formula is C33H38B4BrO5P5S4. The van der Waals surface area contributed by atoms with Gasteiger partial charge in [0.1, 0.15) is 52.3 Å². The number of aliphatic hydroxyl groups is 1. The molecule has 5 aromatic carbocycles. The van der Waals surface area contributed by atoms with Crippen LogP contribution in [-0.2, 0) is 53.6 Å². The molecule has 5 nitrogen and oxygen atoms in total. The molecule has 0 fully saturated rings. The Morgan fingerprint density at radius 3 is 1.25 bits per heavy atom. The van der Waals surface area contributed by atoms with Crippen LogP contribution < -0.4 is 49.6 Å². The van der Waals surface area contributed by atoms with Crippen molar-refractivity contribution in [2.45, 2.75) is 20.2 Å². The highest BCUT2D eigenvalue weighted by Gasteiger charge is 2.46. The summed E-state index contributed by atoms with van der Waals surface area (Å²) in [5.41, 5.74) is 1.62. The average Bonchev–Trinajstić information content (AvgIpc) is 3.21. The van der Waals surface area contributed by atoms with Gasteiger partial charge >= 0.3 is 0 Å². The molecular weight excluding hydrogens is 883 g/mol. The molecule has 52 heavy (non-hydrogen) atoms. The van der Waals surface area contributed by atoms with Gasteiger partial charge in [0.25, 0.3) is 0 Å². The molecule has 4 atom stereocenters. The lowest BCUT2D eigenvalue weighted by Gasteiger charge is -2.28. The fourth-order valence-electron chi connectivity index (χ4n) is 5.01. The van der Waals surface area contributed by atoms with Gasteiger partial charge in [-0.15, -0.1) is 0 Å². The van der Waals surface area contributed by atoms with Crippen molar-refractivity contribution < 1.29 is 38.8 Å². The average molecular weight is 929 g/mol. The van der Waals surface area contributed by atoms with E-state index in [0.29, 0.717) is 28.6 Å². The normalized spacial score (nSPS) is 13.6. The molecule has 5 aromatic rings. The second-order valence-corrected chi connectivity index (χ2v) is 21.6. The number of hydrogen-bond donors (Lipinski definition) is 1. The first-order valence-electron chi connectivity index (χ1n) is 16.8. The van der Waals surface area contributed by atoms with Gasteiger partial charge in [0, 0.05) is 23.3 Å². The molecule has 0 aliphatic rings. The zero-order chi connectivity index (χ0) is 38.9. The van der Waals surface area contributed by atoms with Gasteiger partial charge in [-0.25, -0.2) is 0 Å². The summed E-state index contributed by atoms with van der Waals surface area (Å²) < 4.78 is 52.0. The monoisotopic (exact) mass is 928 g/mol. The van der Waals surface area contributed by atoms with Crippen molar-refractivity contribution in [2.24, 2.45) is 0 Å². The molecule has 0 aromatic heterocycles. The fourth-order valence-corrected chi connectivity index (χ4v) is 11.7. The van der Waals surface area contributed by atoms with Crippen molar-refractivity contribution in [1.29, 1.82) is 5.34 Å². The summed E-state index contributed by atoms with van der Waals surface area (Å²) in [7, 11) is 12.5. The Bertz CT molecular complexity index is 1970. The first-order chi connectivity index (χ1) is 26.2. The van der Waals surface area contributed by atoms with Gasteiger partial charge in [-0.2, -0.15) is 0 Å². The van der Waals surface area contributed by atoms with Crippen LogP contribution in [0.15, 0.2) is 127 Å². The van der Waals surface area contributed by atoms with E-state index in [1.165, 1.54) is 30.1 Å². The van der Waals surface area contributed by atoms with E-state index in [4.69, 9.17) is 22.1 Å². The summed E-state index contributed by atoms with van der Waals surface area (Å²) in [6, 6.07) is 42.8. The van der Waals surface area contributed by atoms with E-state index < -0.39 is 48.1 Å². The number of rotatable bonds is 18. The first kappa shape index (κ1) is 40.7. The molecule has 4 unspecified atom stereocenters. The van der Waals surface area contributed by atoms with Crippen molar-refractivity contribution in [3.8, 4) is 23.0 Å². The zero-order valence-corrected chi connectivity index (χ0v) is 36.6. The minimum absolute atomic E-state index is 0. The summed E-state index contributed by atoms with van der Waals surface area (Å²) in [6.07, 6.45) is 0.728. The molecule has 0 saturated heterocycles. The topological polar surface area (TPSA) is 57.2 Å². The predicted molar refractivity (Wildman–Crippen MR) is 248 cm³/mol. The third-order valence-electron chi connectivity index (χ3n) is 6.98. The van der Waals surface area contributed by atoms with Gasteiger partial charge < -0.3 is 38.8 Å². The number of aliphatic hydroxyl groups excluding tert-OH is 1. The van der Waals surface area contributed by atoms with E-state index in [1.807, 2.05) is 18.2 Å². The van der Waals surface area contributed by atoms with Crippen molar-refractivity contribution in [3.63, 3.8) is 0 Å². The van der Waals surface area contributed by atoms with Crippen LogP contribution in [-0.4, -0.2) is 38.8 Å². The third-order valence-corrected chi connectivity index (χ3v) is 13.8. The second kappa shape index (κ2) is 23.8. The number of halogens is 1. The maximum Gasteiger partial charge on any atom is 0.222 e. The van der Waals surface area contributed by atoms with Crippen molar-refractivity contribution in [3.05, 3.63) is 139 Å². The summed E-state index contributed by atoms with van der Waals surface area (Å²) in [5.74, 6) is 2.19. The van der Waals surface area contributed by atoms with Crippen LogP contribution >= 0.6 is 39.3 Å². The molecule has 0 heterocycles. The van der Waals surface area contributed by atoms with Gasteiger partial charge in [-0.05, 0) is 107 Å². The minimum Gasteiger partial charge on any atom is -1.00 e. The van der Waals surface area contributed by atoms with E-state index in [0.717, 1.165) is 25.9 Å². The molecule has 0 spiro atoms. The van der Waals surface area contributed by atoms with Gasteiger partial charge in [0.15, 0.2) is 0 Å². The van der Waals surface area contributed by atoms with Crippen LogP contribution in [0.2, 0.25) is 0 Å². The van der Waals surface area contributed by atoms with Gasteiger partial charge in [0.05, 0.1) is 6.61 Å². The predicted octanol–water partition coefficient (Wildman–Crippen LogP) is 3.14. The van der Waals surface area contributed by atoms with E-state index in [1.54, 1.807) is 18.2 Å². The van der Waals surface area contributed by atoms with E-state index >= 15 is 0 Å². The Balaban J connectivity index is 0.000000460. The SMILES string of the molecule is C.[3H][B]S(=P)Oc1ccc(CO)c(OS(=P)[B][3H])c1.[3H][B]S(=P)Oc1ccc(C[P+](c2ccccc2)(c2ccccc2)c2ccccc2)c(OS(=P)[B][3H])c1.[Br-]. The van der Waals surface area contributed by atoms with Crippen molar-refractivity contribution in [2.75, 3.05) is 0 Å². The molecule has 5 rings (SSSR count). The molecule has 1 N–H and O–H groups in total. The summed E-state index contributed by atoms with van der Waals surface area (Å²) in [5, 5.41) is 13.0. The lowest BCUT2D eigenvalue weighted by molar-refractivity contribution is -0.0000123. The smallest absolute Gasteiger partial charge is 0.222 e. The molecule has 4 radical (unpaired) electrons. The van der Waals surface area contributed by atoms with Gasteiger partial charge in [0.2, 0.25) is 28.4 Å². The van der Waals surface area contributed by atoms with Crippen LogP contribution in [0.3, 0.4) is 0 Å². The highest BCUT2D eigenvalue weighted by Crippen LogP contribution is 2.59. The summed E-state index contributed by atoms with van der Waals surface area (Å²) >= 11 is 0. The molecule has 0 aliphatic carbocycles. The Morgan fingerprint density at radius 1 is 0.538 bits per heavy atom. The summed E-state index contributed by atoms with van der Waals surface area (Å²) in [4.78, 5) is 0. The summed E-state index contributed by atoms with van der Waals surface area (Å²) in [6.45, 7) is -0.165. The van der Waals surface area contributed by atoms with Crippen molar-refractivity contribution in [1.82, 2.24) is 0 Å². The maximum atomic E-state index is 9.19. The maximum absolute atomic E-state index is 9.19. The Hall–Kier alpha value is -0.970. The highest BCUT2D eigenvalue weighted by molar-refractivity contribution is 8.29. The van der Waals surface area contributed by atoms with Crippen LogP contribution in [0, 0.1) is 0 Å². The van der Waals surface area contributed by atoms with Crippen molar-refractivity contribution >= 4 is 124 Å². The minimum atomic E-state index is -2.14. The molecule has 19 heteroatoms. The molecule has 268 valence electrons. The fraction of sp³-hybridized carbons (Fsp3) is 0.0909. The molecule has 0 saturated carbocycles. The Labute approximate surface area is 347 Å². The van der Waals surface area contributed by atoms with Crippen LogP contribution in [0.4, 0.5) is 0 Å². The lowest BCUT2D eigenvalue weighted by atomic mass is 10.2. The molecule has 0 bridgehead atoms. The Morgan fingerprint density at radius 2 is 0.885 bits per heavy atom. The standard InChI is InChI=1S/C25H24B2O2P3S2.C7H10B2O3P2S2.CH4.BrH/c26-33(30)28-21-17-16-20(25(18-21)29-34(27)31)19-32(22-10-4-1-5-11-22,23-12-6-2-7-13-23)24-14-8-3-9-15-24;8-15(13)11-6-2-1-5(4-10)7(3-6)12-16(9)14;;/h1-18,26-27,30-31H,19H2;1-3,8-10,13-14H,4H2;1H4;1H/q+1;;;/p-1/i26T,27T;8T,9T;;. The van der Waals surface area contributed by atoms with Gasteiger partial charge in [-0.3, -0.25) is 0 Å². The van der Waals surface area contributed by atoms with E-state index in [-0.39, 0.29) is 31.0 Å². The largest absolute Gasteiger partial charge is 1.00 e. The van der Waals surface area contributed by atoms with E-state index in [9.17, 15) is 5.11 Å². The quantitative estimate of drug-likeness (QED) is 0.108. The number of benzene rings is 5. The number of hydrogen-bond acceptors (Lipinski definition) is 5. The van der Waals surface area contributed by atoms with Crippen LogP contribution in [0.5, 0.6) is 23.0 Å². The van der Waals surface area contributed by atoms with Crippen LogP contribution in [0.25, 0.3) is 0 Å². The third kappa shape index (κ3) is 14.0. The zero-order valence-electron chi connectivity index (χ0n) is 30.9.